The molecule has 1 aliphatic rings. The summed E-state index contributed by atoms with van der Waals surface area (Å²) in [5.41, 5.74) is 0. The first-order chi connectivity index (χ1) is 7.88. The molecule has 0 amide bonds. The minimum absolute atomic E-state index is 0.824. The van der Waals surface area contributed by atoms with E-state index in [1.54, 1.807) is 0 Å². The van der Waals surface area contributed by atoms with E-state index in [9.17, 15) is 0 Å². The van der Waals surface area contributed by atoms with Gasteiger partial charge in [0.15, 0.2) is 0 Å². The summed E-state index contributed by atoms with van der Waals surface area (Å²) in [6.45, 7) is 4.96. The van der Waals surface area contributed by atoms with Crippen LogP contribution in [0.2, 0.25) is 0 Å². The van der Waals surface area contributed by atoms with E-state index in [2.05, 4.69) is 27.8 Å². The fourth-order valence-electron chi connectivity index (χ4n) is 2.62. The fraction of sp³-hybridized carbons (Fsp3) is 1.00. The molecule has 0 aromatic carbocycles. The van der Waals surface area contributed by atoms with E-state index < -0.39 is 0 Å². The van der Waals surface area contributed by atoms with E-state index >= 15 is 0 Å². The molecule has 1 aliphatic heterocycles. The zero-order valence-corrected chi connectivity index (χ0v) is 12.5. The molecule has 0 aromatic rings. The van der Waals surface area contributed by atoms with Crippen LogP contribution in [0.4, 0.5) is 0 Å². The summed E-state index contributed by atoms with van der Waals surface area (Å²) in [5.74, 6) is 0. The minimum atomic E-state index is 0.824. The lowest BCUT2D eigenvalue weighted by atomic mass is 10.0. The molecule has 0 N–H and O–H groups in total. The Bertz CT molecular complexity index is 161. The van der Waals surface area contributed by atoms with E-state index in [0.717, 1.165) is 6.04 Å². The van der Waals surface area contributed by atoms with Crippen LogP contribution in [-0.2, 0) is 0 Å². The fourth-order valence-corrected chi connectivity index (χ4v) is 3.36. The topological polar surface area (TPSA) is 3.24 Å². The first kappa shape index (κ1) is 14.5. The second-order valence-corrected chi connectivity index (χ2v) is 5.76. The number of alkyl halides is 1. The lowest BCUT2D eigenvalue weighted by Crippen LogP contribution is -2.41. The predicted molar refractivity (Wildman–Crippen MR) is 76.4 cm³/mol. The first-order valence-electron chi connectivity index (χ1n) is 7.18. The molecule has 1 fully saturated rings. The van der Waals surface area contributed by atoms with Crippen LogP contribution in [-0.4, -0.2) is 29.4 Å². The first-order valence-corrected chi connectivity index (χ1v) is 8.30. The third-order valence-corrected chi connectivity index (χ3v) is 4.47. The van der Waals surface area contributed by atoms with Gasteiger partial charge in [-0.25, -0.2) is 0 Å². The van der Waals surface area contributed by atoms with Crippen molar-refractivity contribution in [3.05, 3.63) is 0 Å². The Morgan fingerprint density at radius 3 is 2.56 bits per heavy atom. The number of hydrogen-bond acceptors (Lipinski definition) is 1. The van der Waals surface area contributed by atoms with Gasteiger partial charge >= 0.3 is 0 Å². The summed E-state index contributed by atoms with van der Waals surface area (Å²) in [4.78, 5) is 2.71. The Morgan fingerprint density at radius 2 is 1.81 bits per heavy atom. The molecule has 0 bridgehead atoms. The van der Waals surface area contributed by atoms with Crippen LogP contribution in [0.5, 0.6) is 0 Å². The van der Waals surface area contributed by atoms with Crippen LogP contribution in [0.25, 0.3) is 0 Å². The highest BCUT2D eigenvalue weighted by Crippen LogP contribution is 2.19. The Hall–Kier alpha value is 0.440. The standard InChI is InChI=1S/C14H28BrN/c1-2-3-4-5-6-8-11-16-12-9-7-10-14(16)13-15/h14H,2-13H2,1H3. The lowest BCUT2D eigenvalue weighted by molar-refractivity contribution is 0.161. The van der Waals surface area contributed by atoms with Gasteiger partial charge in [0.2, 0.25) is 0 Å². The van der Waals surface area contributed by atoms with Gasteiger partial charge < -0.3 is 0 Å². The molecule has 0 saturated carbocycles. The minimum Gasteiger partial charge on any atom is -0.300 e. The SMILES string of the molecule is CCCCCCCCN1CCCCC1CBr. The summed E-state index contributed by atoms with van der Waals surface area (Å²) in [5, 5.41) is 1.17. The molecular formula is C14H28BrN. The van der Waals surface area contributed by atoms with Gasteiger partial charge in [-0.15, -0.1) is 0 Å². The maximum absolute atomic E-state index is 3.65. The second-order valence-electron chi connectivity index (χ2n) is 5.11. The van der Waals surface area contributed by atoms with Crippen molar-refractivity contribution in [1.82, 2.24) is 4.90 Å². The van der Waals surface area contributed by atoms with E-state index in [4.69, 9.17) is 0 Å². The van der Waals surface area contributed by atoms with Crippen molar-refractivity contribution in [2.75, 3.05) is 18.4 Å². The van der Waals surface area contributed by atoms with E-state index in [1.807, 2.05) is 0 Å². The monoisotopic (exact) mass is 289 g/mol. The quantitative estimate of drug-likeness (QED) is 0.466. The highest BCUT2D eigenvalue weighted by atomic mass is 79.9. The van der Waals surface area contributed by atoms with Crippen molar-refractivity contribution in [2.45, 2.75) is 70.8 Å². The normalized spacial score (nSPS) is 22.5. The maximum atomic E-state index is 3.65. The van der Waals surface area contributed by atoms with Crippen molar-refractivity contribution in [2.24, 2.45) is 0 Å². The molecule has 1 rings (SSSR count). The molecule has 96 valence electrons. The Balaban J connectivity index is 2.02. The van der Waals surface area contributed by atoms with Gasteiger partial charge in [-0.2, -0.15) is 0 Å². The van der Waals surface area contributed by atoms with Gasteiger partial charge in [-0.1, -0.05) is 61.4 Å². The summed E-state index contributed by atoms with van der Waals surface area (Å²) < 4.78 is 0. The molecule has 1 nitrogen and oxygen atoms in total. The van der Waals surface area contributed by atoms with Crippen molar-refractivity contribution in [1.29, 1.82) is 0 Å². The number of hydrogen-bond donors (Lipinski definition) is 0. The van der Waals surface area contributed by atoms with Crippen LogP contribution >= 0.6 is 15.9 Å². The molecule has 1 saturated heterocycles. The third kappa shape index (κ3) is 5.67. The van der Waals surface area contributed by atoms with Crippen molar-refractivity contribution in [3.63, 3.8) is 0 Å². The molecule has 16 heavy (non-hydrogen) atoms. The number of piperidine rings is 1. The molecule has 1 heterocycles. The van der Waals surface area contributed by atoms with Crippen LogP contribution in [0, 0.1) is 0 Å². The van der Waals surface area contributed by atoms with Crippen molar-refractivity contribution in [3.8, 4) is 0 Å². The Morgan fingerprint density at radius 1 is 1.06 bits per heavy atom. The summed E-state index contributed by atoms with van der Waals surface area (Å²) in [6.07, 6.45) is 12.8. The predicted octanol–water partition coefficient (Wildman–Crippen LogP) is 4.60. The smallest absolute Gasteiger partial charge is 0.0192 e. The molecule has 0 radical (unpaired) electrons. The van der Waals surface area contributed by atoms with Crippen molar-refractivity contribution >= 4 is 15.9 Å². The van der Waals surface area contributed by atoms with Crippen LogP contribution in [0.15, 0.2) is 0 Å². The number of unbranched alkanes of at least 4 members (excludes halogenated alkanes) is 5. The maximum Gasteiger partial charge on any atom is 0.0192 e. The zero-order valence-electron chi connectivity index (χ0n) is 10.9. The molecule has 0 aromatic heterocycles. The average Bonchev–Trinajstić information content (AvgIpc) is 2.34. The number of nitrogens with zero attached hydrogens (tertiary/aromatic N) is 1. The Kier molecular flexibility index (Phi) is 8.58. The van der Waals surface area contributed by atoms with Crippen LogP contribution in [0.3, 0.4) is 0 Å². The van der Waals surface area contributed by atoms with Crippen LogP contribution in [0.1, 0.15) is 64.7 Å². The van der Waals surface area contributed by atoms with Gasteiger partial charge in [0.1, 0.15) is 0 Å². The van der Waals surface area contributed by atoms with E-state index in [1.165, 1.54) is 76.2 Å². The molecular weight excluding hydrogens is 262 g/mol. The molecule has 1 unspecified atom stereocenters. The van der Waals surface area contributed by atoms with Gasteiger partial charge in [-0.3, -0.25) is 4.90 Å². The molecule has 1 atom stereocenters. The average molecular weight is 290 g/mol. The third-order valence-electron chi connectivity index (χ3n) is 3.73. The van der Waals surface area contributed by atoms with Crippen molar-refractivity contribution < 1.29 is 0 Å². The van der Waals surface area contributed by atoms with Crippen LogP contribution < -0.4 is 0 Å². The molecule has 0 spiro atoms. The lowest BCUT2D eigenvalue weighted by Gasteiger charge is -2.34. The number of halogens is 1. The number of likely N-dealkylation sites (tertiary alicyclic amines) is 1. The molecule has 0 aliphatic carbocycles. The van der Waals surface area contributed by atoms with Gasteiger partial charge in [0.05, 0.1) is 0 Å². The van der Waals surface area contributed by atoms with Gasteiger partial charge in [-0.05, 0) is 32.4 Å². The zero-order chi connectivity index (χ0) is 11.6. The highest BCUT2D eigenvalue weighted by Gasteiger charge is 2.20. The second kappa shape index (κ2) is 9.47. The van der Waals surface area contributed by atoms with Gasteiger partial charge in [0.25, 0.3) is 0 Å². The highest BCUT2D eigenvalue weighted by molar-refractivity contribution is 9.09. The summed E-state index contributed by atoms with van der Waals surface area (Å²) in [6, 6.07) is 0.824. The Labute approximate surface area is 110 Å². The summed E-state index contributed by atoms with van der Waals surface area (Å²) >= 11 is 3.65. The van der Waals surface area contributed by atoms with E-state index in [0.29, 0.717) is 0 Å². The van der Waals surface area contributed by atoms with E-state index in [-0.39, 0.29) is 0 Å². The molecule has 2 heteroatoms. The number of rotatable bonds is 8. The summed E-state index contributed by atoms with van der Waals surface area (Å²) in [7, 11) is 0. The van der Waals surface area contributed by atoms with Gasteiger partial charge in [0, 0.05) is 11.4 Å². The largest absolute Gasteiger partial charge is 0.300 e.